The number of hydrogen-bond acceptors (Lipinski definition) is 3. The molecule has 2 amide bonds. The highest BCUT2D eigenvalue weighted by molar-refractivity contribution is 5.74. The third-order valence-electron chi connectivity index (χ3n) is 3.82. The predicted octanol–water partition coefficient (Wildman–Crippen LogP) is 1.13. The second kappa shape index (κ2) is 6.43. The van der Waals surface area contributed by atoms with E-state index in [0.29, 0.717) is 6.54 Å². The first kappa shape index (κ1) is 14.3. The van der Waals surface area contributed by atoms with E-state index >= 15 is 0 Å². The third-order valence-corrected chi connectivity index (χ3v) is 3.82. The molecule has 1 atom stereocenters. The summed E-state index contributed by atoms with van der Waals surface area (Å²) in [4.78, 5) is 30.1. The Kier molecular flexibility index (Phi) is 4.18. The lowest BCUT2D eigenvalue weighted by Gasteiger charge is -2.25. The van der Waals surface area contributed by atoms with E-state index < -0.39 is 0 Å². The zero-order chi connectivity index (χ0) is 15.4. The molecule has 0 aromatic carbocycles. The second-order valence-electron chi connectivity index (χ2n) is 5.45. The van der Waals surface area contributed by atoms with Crippen LogP contribution in [0.1, 0.15) is 23.2 Å². The Bertz CT molecular complexity index is 712. The summed E-state index contributed by atoms with van der Waals surface area (Å²) in [6, 6.07) is 7.04. The number of urea groups is 1. The van der Waals surface area contributed by atoms with Gasteiger partial charge in [-0.05, 0) is 36.5 Å². The van der Waals surface area contributed by atoms with Crippen LogP contribution in [0.4, 0.5) is 4.79 Å². The molecule has 0 aliphatic heterocycles. The molecule has 2 heterocycles. The first-order valence-electron chi connectivity index (χ1n) is 7.35. The third kappa shape index (κ3) is 3.52. The van der Waals surface area contributed by atoms with Crippen LogP contribution < -0.4 is 16.2 Å². The number of amides is 2. The monoisotopic (exact) mass is 298 g/mol. The molecule has 6 heteroatoms. The van der Waals surface area contributed by atoms with Crippen molar-refractivity contribution in [3.63, 3.8) is 0 Å². The lowest BCUT2D eigenvalue weighted by atomic mass is 9.92. The lowest BCUT2D eigenvalue weighted by molar-refractivity contribution is 0.235. The fraction of sp³-hybridized carbons (Fsp3) is 0.312. The lowest BCUT2D eigenvalue weighted by Crippen LogP contribution is -2.44. The smallest absolute Gasteiger partial charge is 0.315 e. The fourth-order valence-corrected chi connectivity index (χ4v) is 2.69. The van der Waals surface area contributed by atoms with Crippen LogP contribution >= 0.6 is 0 Å². The summed E-state index contributed by atoms with van der Waals surface area (Å²) >= 11 is 0. The molecule has 1 aliphatic carbocycles. The predicted molar refractivity (Wildman–Crippen MR) is 82.5 cm³/mol. The first-order valence-corrected chi connectivity index (χ1v) is 7.35. The second-order valence-corrected chi connectivity index (χ2v) is 5.45. The Labute approximate surface area is 128 Å². The van der Waals surface area contributed by atoms with Gasteiger partial charge in [0.1, 0.15) is 0 Å². The maximum Gasteiger partial charge on any atom is 0.315 e. The molecular weight excluding hydrogens is 280 g/mol. The normalized spacial score (nSPS) is 16.6. The van der Waals surface area contributed by atoms with Crippen LogP contribution in [0.3, 0.4) is 0 Å². The Balaban J connectivity index is 1.52. The van der Waals surface area contributed by atoms with Crippen molar-refractivity contribution in [2.45, 2.75) is 31.8 Å². The largest absolute Gasteiger partial charge is 0.335 e. The van der Waals surface area contributed by atoms with Gasteiger partial charge in [0.15, 0.2) is 0 Å². The summed E-state index contributed by atoms with van der Waals surface area (Å²) in [5.41, 5.74) is 2.98. The summed E-state index contributed by atoms with van der Waals surface area (Å²) in [6.07, 6.45) is 5.78. The van der Waals surface area contributed by atoms with E-state index in [4.69, 9.17) is 0 Å². The van der Waals surface area contributed by atoms with Crippen LogP contribution in [-0.4, -0.2) is 22.0 Å². The Morgan fingerprint density at radius 1 is 1.36 bits per heavy atom. The van der Waals surface area contributed by atoms with Crippen molar-refractivity contribution in [2.75, 3.05) is 0 Å². The van der Waals surface area contributed by atoms with Crippen LogP contribution in [0.2, 0.25) is 0 Å². The van der Waals surface area contributed by atoms with E-state index in [1.165, 1.54) is 6.07 Å². The molecule has 0 bridgehead atoms. The number of rotatable bonds is 3. The van der Waals surface area contributed by atoms with Crippen molar-refractivity contribution >= 4 is 6.03 Å². The number of aromatic nitrogens is 2. The summed E-state index contributed by atoms with van der Waals surface area (Å²) in [6.45, 7) is 0.455. The molecule has 3 rings (SSSR count). The van der Waals surface area contributed by atoms with Gasteiger partial charge in [0.05, 0.1) is 0 Å². The van der Waals surface area contributed by atoms with Crippen molar-refractivity contribution in [3.8, 4) is 0 Å². The summed E-state index contributed by atoms with van der Waals surface area (Å²) in [7, 11) is 0. The number of aromatic amines is 1. The van der Waals surface area contributed by atoms with Crippen LogP contribution in [0, 0.1) is 0 Å². The number of carbonyl (C=O) groups is 1. The molecular formula is C16H18N4O2. The Morgan fingerprint density at radius 2 is 2.27 bits per heavy atom. The van der Waals surface area contributed by atoms with Crippen molar-refractivity contribution in [3.05, 3.63) is 63.8 Å². The SMILES string of the molecule is O=C(NCc1cccnc1)NC1CCc2[nH]c(=O)ccc2C1. The highest BCUT2D eigenvalue weighted by Gasteiger charge is 2.20. The number of aryl methyl sites for hydroxylation is 1. The number of fused-ring (bicyclic) bond motifs is 1. The molecule has 0 radical (unpaired) electrons. The maximum absolute atomic E-state index is 12.0. The van der Waals surface area contributed by atoms with Crippen LogP contribution in [0.5, 0.6) is 0 Å². The summed E-state index contributed by atoms with van der Waals surface area (Å²) in [5.74, 6) is 0. The molecule has 6 nitrogen and oxygen atoms in total. The van der Waals surface area contributed by atoms with Crippen molar-refractivity contribution in [1.29, 1.82) is 0 Å². The van der Waals surface area contributed by atoms with Gasteiger partial charge in [-0.3, -0.25) is 9.78 Å². The molecule has 2 aromatic heterocycles. The molecule has 0 fully saturated rings. The van der Waals surface area contributed by atoms with Gasteiger partial charge in [-0.2, -0.15) is 0 Å². The molecule has 0 spiro atoms. The van der Waals surface area contributed by atoms with Gasteiger partial charge in [-0.15, -0.1) is 0 Å². The zero-order valence-electron chi connectivity index (χ0n) is 12.1. The quantitative estimate of drug-likeness (QED) is 0.794. The molecule has 2 aromatic rings. The number of hydrogen-bond donors (Lipinski definition) is 3. The molecule has 1 unspecified atom stereocenters. The number of nitrogens with zero attached hydrogens (tertiary/aromatic N) is 1. The minimum atomic E-state index is -0.179. The number of pyridine rings is 2. The molecule has 22 heavy (non-hydrogen) atoms. The van der Waals surface area contributed by atoms with Gasteiger partial charge < -0.3 is 15.6 Å². The topological polar surface area (TPSA) is 86.9 Å². The standard InChI is InChI=1S/C16H18N4O2/c21-15-6-3-12-8-13(4-5-14(12)20-15)19-16(22)18-10-11-2-1-7-17-9-11/h1-3,6-7,9,13H,4-5,8,10H2,(H,20,21)(H2,18,19,22). The van der Waals surface area contributed by atoms with Crippen molar-refractivity contribution in [2.24, 2.45) is 0 Å². The number of nitrogens with one attached hydrogen (secondary N) is 3. The van der Waals surface area contributed by atoms with Crippen molar-refractivity contribution < 1.29 is 4.79 Å². The molecule has 3 N–H and O–H groups in total. The van der Waals surface area contributed by atoms with E-state index in [-0.39, 0.29) is 17.6 Å². The van der Waals surface area contributed by atoms with Gasteiger partial charge in [-0.1, -0.05) is 12.1 Å². The van der Waals surface area contributed by atoms with E-state index in [2.05, 4.69) is 20.6 Å². The Hall–Kier alpha value is -2.63. The van der Waals surface area contributed by atoms with Crippen molar-refractivity contribution in [1.82, 2.24) is 20.6 Å². The van der Waals surface area contributed by atoms with E-state index in [9.17, 15) is 9.59 Å². The first-order chi connectivity index (χ1) is 10.7. The van der Waals surface area contributed by atoms with Crippen LogP contribution in [0.25, 0.3) is 0 Å². The molecule has 114 valence electrons. The number of H-pyrrole nitrogens is 1. The molecule has 0 saturated heterocycles. The van der Waals surface area contributed by atoms with Gasteiger partial charge >= 0.3 is 6.03 Å². The highest BCUT2D eigenvalue weighted by atomic mass is 16.2. The van der Waals surface area contributed by atoms with Gasteiger partial charge in [-0.25, -0.2) is 4.79 Å². The average Bonchev–Trinajstić information content (AvgIpc) is 2.54. The van der Waals surface area contributed by atoms with Gasteiger partial charge in [0.25, 0.3) is 0 Å². The average molecular weight is 298 g/mol. The highest BCUT2D eigenvalue weighted by Crippen LogP contribution is 2.18. The minimum Gasteiger partial charge on any atom is -0.335 e. The number of carbonyl (C=O) groups excluding carboxylic acids is 1. The Morgan fingerprint density at radius 3 is 3.09 bits per heavy atom. The maximum atomic E-state index is 12.0. The van der Waals surface area contributed by atoms with Crippen LogP contribution in [-0.2, 0) is 19.4 Å². The van der Waals surface area contributed by atoms with E-state index in [1.807, 2.05) is 18.2 Å². The zero-order valence-corrected chi connectivity index (χ0v) is 12.1. The van der Waals surface area contributed by atoms with E-state index in [1.54, 1.807) is 12.4 Å². The molecule has 0 saturated carbocycles. The van der Waals surface area contributed by atoms with Gasteiger partial charge in [0.2, 0.25) is 5.56 Å². The fourth-order valence-electron chi connectivity index (χ4n) is 2.69. The van der Waals surface area contributed by atoms with Crippen LogP contribution in [0.15, 0.2) is 41.5 Å². The summed E-state index contributed by atoms with van der Waals surface area (Å²) < 4.78 is 0. The van der Waals surface area contributed by atoms with Gasteiger partial charge in [0, 0.05) is 36.7 Å². The van der Waals surface area contributed by atoms with E-state index in [0.717, 1.165) is 36.1 Å². The minimum absolute atomic E-state index is 0.0700. The molecule has 1 aliphatic rings. The summed E-state index contributed by atoms with van der Waals surface area (Å²) in [5, 5.41) is 5.81.